The number of hydrogen-bond acceptors (Lipinski definition) is 4. The summed E-state index contributed by atoms with van der Waals surface area (Å²) in [6.07, 6.45) is 1.71. The van der Waals surface area contributed by atoms with E-state index < -0.39 is 0 Å². The maximum Gasteiger partial charge on any atom is 0.327 e. The van der Waals surface area contributed by atoms with Gasteiger partial charge in [-0.1, -0.05) is 0 Å². The molecule has 4 nitrogen and oxygen atoms in total. The fraction of sp³-hybridized carbons (Fsp3) is 0.400. The lowest BCUT2D eigenvalue weighted by Crippen LogP contribution is -2.27. The van der Waals surface area contributed by atoms with Gasteiger partial charge in [0.05, 0.1) is 18.5 Å². The topological polar surface area (TPSA) is 51.2 Å². The molecule has 1 aromatic rings. The van der Waals surface area contributed by atoms with Gasteiger partial charge in [-0.2, -0.15) is 0 Å². The zero-order valence-electron chi connectivity index (χ0n) is 8.57. The molecule has 0 fully saturated rings. The van der Waals surface area contributed by atoms with Crippen LogP contribution in [0.5, 0.6) is 0 Å². The maximum absolute atomic E-state index is 11.1. The summed E-state index contributed by atoms with van der Waals surface area (Å²) in [5.41, 5.74) is 1.72. The highest BCUT2D eigenvalue weighted by atomic mass is 16.5. The summed E-state index contributed by atoms with van der Waals surface area (Å²) in [4.78, 5) is 15.2. The number of ether oxygens (including phenoxy) is 1. The third kappa shape index (κ3) is 2.45. The lowest BCUT2D eigenvalue weighted by Gasteiger charge is -2.13. The van der Waals surface area contributed by atoms with Crippen LogP contribution < -0.4 is 5.32 Å². The number of aryl methyl sites for hydroxylation is 1. The number of nitrogens with one attached hydrogen (secondary N) is 1. The first-order chi connectivity index (χ1) is 6.65. The van der Waals surface area contributed by atoms with E-state index in [1.165, 1.54) is 7.11 Å². The summed E-state index contributed by atoms with van der Waals surface area (Å²) in [6.45, 7) is 3.63. The van der Waals surface area contributed by atoms with Crippen molar-refractivity contribution in [1.82, 2.24) is 4.98 Å². The minimum absolute atomic E-state index is 0.284. The Kier molecular flexibility index (Phi) is 3.45. The molecular weight excluding hydrogens is 180 g/mol. The molecule has 0 amide bonds. The highest BCUT2D eigenvalue weighted by Crippen LogP contribution is 2.11. The van der Waals surface area contributed by atoms with Crippen LogP contribution in [0.15, 0.2) is 18.3 Å². The predicted molar refractivity (Wildman–Crippen MR) is 54.1 cm³/mol. The van der Waals surface area contributed by atoms with Gasteiger partial charge in [-0.05, 0) is 26.0 Å². The zero-order valence-corrected chi connectivity index (χ0v) is 8.57. The van der Waals surface area contributed by atoms with Crippen LogP contribution >= 0.6 is 0 Å². The van der Waals surface area contributed by atoms with Crippen LogP contribution in [0.25, 0.3) is 0 Å². The summed E-state index contributed by atoms with van der Waals surface area (Å²) in [5.74, 6) is -0.284. The van der Waals surface area contributed by atoms with Crippen molar-refractivity contribution in [2.45, 2.75) is 19.9 Å². The summed E-state index contributed by atoms with van der Waals surface area (Å²) < 4.78 is 4.60. The monoisotopic (exact) mass is 194 g/mol. The van der Waals surface area contributed by atoms with E-state index in [0.717, 1.165) is 11.4 Å². The molecule has 0 aliphatic rings. The number of anilines is 1. The van der Waals surface area contributed by atoms with Crippen LogP contribution in [0.3, 0.4) is 0 Å². The Bertz CT molecular complexity index is 326. The Balaban J connectivity index is 2.69. The van der Waals surface area contributed by atoms with Gasteiger partial charge in [0, 0.05) is 6.20 Å². The molecule has 0 radical (unpaired) electrons. The summed E-state index contributed by atoms with van der Waals surface area (Å²) in [6, 6.07) is 3.34. The largest absolute Gasteiger partial charge is 0.467 e. The molecule has 14 heavy (non-hydrogen) atoms. The average molecular weight is 194 g/mol. The van der Waals surface area contributed by atoms with Gasteiger partial charge in [0.2, 0.25) is 0 Å². The van der Waals surface area contributed by atoms with E-state index in [1.54, 1.807) is 13.1 Å². The lowest BCUT2D eigenvalue weighted by molar-refractivity contribution is -0.141. The molecule has 1 N–H and O–H groups in total. The lowest BCUT2D eigenvalue weighted by atomic mass is 10.2. The van der Waals surface area contributed by atoms with E-state index in [2.05, 4.69) is 15.0 Å². The molecule has 1 aromatic heterocycles. The van der Waals surface area contributed by atoms with E-state index in [4.69, 9.17) is 0 Å². The first-order valence-corrected chi connectivity index (χ1v) is 4.41. The van der Waals surface area contributed by atoms with Crippen molar-refractivity contribution < 1.29 is 9.53 Å². The zero-order chi connectivity index (χ0) is 10.6. The van der Waals surface area contributed by atoms with E-state index in [-0.39, 0.29) is 12.0 Å². The molecule has 0 saturated heterocycles. The van der Waals surface area contributed by atoms with Crippen LogP contribution in [-0.4, -0.2) is 24.1 Å². The van der Waals surface area contributed by atoms with Gasteiger partial charge >= 0.3 is 5.97 Å². The van der Waals surface area contributed by atoms with Gasteiger partial charge < -0.3 is 10.1 Å². The Hall–Kier alpha value is -1.58. The number of esters is 1. The number of carbonyl (C=O) groups is 1. The second-order valence-corrected chi connectivity index (χ2v) is 3.03. The van der Waals surface area contributed by atoms with Gasteiger partial charge in [-0.25, -0.2) is 4.79 Å². The average Bonchev–Trinajstić information content (AvgIpc) is 2.20. The number of hydrogen-bond donors (Lipinski definition) is 1. The Morgan fingerprint density at radius 2 is 2.36 bits per heavy atom. The molecule has 0 aliphatic heterocycles. The molecule has 0 bridgehead atoms. The highest BCUT2D eigenvalue weighted by Gasteiger charge is 2.13. The second-order valence-electron chi connectivity index (χ2n) is 3.03. The fourth-order valence-corrected chi connectivity index (χ4v) is 1.11. The van der Waals surface area contributed by atoms with Crippen LogP contribution in [0.2, 0.25) is 0 Å². The van der Waals surface area contributed by atoms with Crippen LogP contribution in [0.1, 0.15) is 12.6 Å². The first kappa shape index (κ1) is 10.5. The number of nitrogens with zero attached hydrogens (tertiary/aromatic N) is 1. The third-order valence-electron chi connectivity index (χ3n) is 1.93. The van der Waals surface area contributed by atoms with Gasteiger partial charge in [0.1, 0.15) is 6.04 Å². The maximum atomic E-state index is 11.1. The minimum atomic E-state index is -0.358. The molecule has 0 saturated carbocycles. The van der Waals surface area contributed by atoms with Crippen molar-refractivity contribution >= 4 is 11.7 Å². The Morgan fingerprint density at radius 3 is 2.93 bits per heavy atom. The molecule has 1 unspecified atom stereocenters. The van der Waals surface area contributed by atoms with Gasteiger partial charge in [0.15, 0.2) is 0 Å². The molecule has 76 valence electrons. The number of rotatable bonds is 3. The van der Waals surface area contributed by atoms with Gasteiger partial charge in [-0.3, -0.25) is 4.98 Å². The van der Waals surface area contributed by atoms with Crippen molar-refractivity contribution in [2.75, 3.05) is 12.4 Å². The fourth-order valence-electron chi connectivity index (χ4n) is 1.11. The second kappa shape index (κ2) is 4.60. The first-order valence-electron chi connectivity index (χ1n) is 4.41. The summed E-state index contributed by atoms with van der Waals surface area (Å²) >= 11 is 0. The standard InChI is InChI=1S/C10H14N2O2/c1-7-9(5-4-6-11-7)12-8(2)10(13)14-3/h4-6,8,12H,1-3H3. The van der Waals surface area contributed by atoms with E-state index in [1.807, 2.05) is 19.1 Å². The molecule has 1 rings (SSSR count). The van der Waals surface area contributed by atoms with E-state index >= 15 is 0 Å². The Labute approximate surface area is 83.3 Å². The quantitative estimate of drug-likeness (QED) is 0.738. The summed E-state index contributed by atoms with van der Waals surface area (Å²) in [5, 5.41) is 3.02. The van der Waals surface area contributed by atoms with Crippen molar-refractivity contribution in [2.24, 2.45) is 0 Å². The molecule has 0 aromatic carbocycles. The van der Waals surface area contributed by atoms with Crippen molar-refractivity contribution in [1.29, 1.82) is 0 Å². The number of pyridine rings is 1. The van der Waals surface area contributed by atoms with Crippen LogP contribution in [0.4, 0.5) is 5.69 Å². The molecular formula is C10H14N2O2. The van der Waals surface area contributed by atoms with Crippen LogP contribution in [0, 0.1) is 6.92 Å². The molecule has 1 heterocycles. The Morgan fingerprint density at radius 1 is 1.64 bits per heavy atom. The molecule has 0 spiro atoms. The van der Waals surface area contributed by atoms with Crippen molar-refractivity contribution in [3.63, 3.8) is 0 Å². The van der Waals surface area contributed by atoms with Gasteiger partial charge in [0.25, 0.3) is 0 Å². The number of aromatic nitrogens is 1. The molecule has 1 atom stereocenters. The number of methoxy groups -OCH3 is 1. The minimum Gasteiger partial charge on any atom is -0.467 e. The van der Waals surface area contributed by atoms with E-state index in [9.17, 15) is 4.79 Å². The highest BCUT2D eigenvalue weighted by molar-refractivity contribution is 5.78. The molecule has 0 aliphatic carbocycles. The third-order valence-corrected chi connectivity index (χ3v) is 1.93. The van der Waals surface area contributed by atoms with E-state index in [0.29, 0.717) is 0 Å². The smallest absolute Gasteiger partial charge is 0.327 e. The van der Waals surface area contributed by atoms with Crippen LogP contribution in [-0.2, 0) is 9.53 Å². The van der Waals surface area contributed by atoms with Crippen molar-refractivity contribution in [3.05, 3.63) is 24.0 Å². The summed E-state index contributed by atoms with van der Waals surface area (Å²) in [7, 11) is 1.37. The normalized spacial score (nSPS) is 11.9. The SMILES string of the molecule is COC(=O)C(C)Nc1cccnc1C. The van der Waals surface area contributed by atoms with Crippen molar-refractivity contribution in [3.8, 4) is 0 Å². The van der Waals surface area contributed by atoms with Gasteiger partial charge in [-0.15, -0.1) is 0 Å². The molecule has 4 heteroatoms. The predicted octanol–water partition coefficient (Wildman–Crippen LogP) is 1.36. The number of carbonyl (C=O) groups excluding carboxylic acids is 1.